The molecule has 1 fully saturated rings. The number of morpholine rings is 1. The van der Waals surface area contributed by atoms with Crippen LogP contribution in [0.4, 0.5) is 10.5 Å². The summed E-state index contributed by atoms with van der Waals surface area (Å²) < 4.78 is 7.53. The molecule has 0 radical (unpaired) electrons. The van der Waals surface area contributed by atoms with E-state index in [1.807, 2.05) is 31.3 Å². The van der Waals surface area contributed by atoms with Crippen LogP contribution in [0.3, 0.4) is 0 Å². The number of anilines is 1. The van der Waals surface area contributed by atoms with Gasteiger partial charge >= 0.3 is 6.03 Å². The first-order chi connectivity index (χ1) is 11.6. The van der Waals surface area contributed by atoms with E-state index in [4.69, 9.17) is 4.74 Å². The van der Waals surface area contributed by atoms with Gasteiger partial charge in [-0.3, -0.25) is 9.67 Å². The lowest BCUT2D eigenvalue weighted by atomic mass is 10.0. The standard InChI is InChI=1S/C17H23N5O2/c1-3-17(2)13-21(8-9-24-17)16(23)20-15-10-19-22(12-15)11-14-6-4-5-7-18-14/h4-7,10,12H,3,8-9,11,13H2,1-2H3,(H,20,23)/t17-/m1/s1. The zero-order chi connectivity index (χ0) is 17.0. The van der Waals surface area contributed by atoms with Gasteiger partial charge < -0.3 is 15.0 Å². The molecule has 0 unspecified atom stereocenters. The summed E-state index contributed by atoms with van der Waals surface area (Å²) in [4.78, 5) is 18.5. The van der Waals surface area contributed by atoms with E-state index in [0.717, 1.165) is 12.1 Å². The third-order valence-corrected chi connectivity index (χ3v) is 4.31. The van der Waals surface area contributed by atoms with Gasteiger partial charge in [0, 0.05) is 18.9 Å². The molecule has 128 valence electrons. The second-order valence-electron chi connectivity index (χ2n) is 6.25. The fourth-order valence-corrected chi connectivity index (χ4v) is 2.69. The van der Waals surface area contributed by atoms with Crippen molar-refractivity contribution in [3.8, 4) is 0 Å². The summed E-state index contributed by atoms with van der Waals surface area (Å²) in [6.07, 6.45) is 6.09. The van der Waals surface area contributed by atoms with Crippen LogP contribution in [0.15, 0.2) is 36.8 Å². The number of carbonyl (C=O) groups excluding carboxylic acids is 1. The monoisotopic (exact) mass is 329 g/mol. The number of urea groups is 1. The molecule has 2 amide bonds. The summed E-state index contributed by atoms with van der Waals surface area (Å²) in [7, 11) is 0. The SMILES string of the molecule is CC[C@]1(C)CN(C(=O)Nc2cnn(Cc3ccccn3)c2)CCO1. The Morgan fingerprint density at radius 1 is 1.46 bits per heavy atom. The molecular formula is C17H23N5O2. The van der Waals surface area contributed by atoms with E-state index < -0.39 is 0 Å². The lowest BCUT2D eigenvalue weighted by molar-refractivity contribution is -0.0860. The number of aromatic nitrogens is 3. The number of hydrogen-bond acceptors (Lipinski definition) is 4. The second-order valence-corrected chi connectivity index (χ2v) is 6.25. The molecule has 1 aliphatic heterocycles. The summed E-state index contributed by atoms with van der Waals surface area (Å²) >= 11 is 0. The van der Waals surface area contributed by atoms with E-state index in [9.17, 15) is 4.79 Å². The van der Waals surface area contributed by atoms with Gasteiger partial charge in [-0.15, -0.1) is 0 Å². The average Bonchev–Trinajstić information content (AvgIpc) is 3.03. The molecule has 0 aliphatic carbocycles. The smallest absolute Gasteiger partial charge is 0.322 e. The summed E-state index contributed by atoms with van der Waals surface area (Å²) in [5.74, 6) is 0. The Hall–Kier alpha value is -2.41. The van der Waals surface area contributed by atoms with Crippen LogP contribution < -0.4 is 5.32 Å². The fraction of sp³-hybridized carbons (Fsp3) is 0.471. The molecule has 0 aromatic carbocycles. The third-order valence-electron chi connectivity index (χ3n) is 4.31. The van der Waals surface area contributed by atoms with Gasteiger partial charge in [-0.05, 0) is 25.5 Å². The van der Waals surface area contributed by atoms with Gasteiger partial charge in [0.15, 0.2) is 0 Å². The topological polar surface area (TPSA) is 72.3 Å². The highest BCUT2D eigenvalue weighted by Crippen LogP contribution is 2.21. The third kappa shape index (κ3) is 3.91. The van der Waals surface area contributed by atoms with E-state index in [2.05, 4.69) is 22.3 Å². The van der Waals surface area contributed by atoms with Gasteiger partial charge in [0.25, 0.3) is 0 Å². The lowest BCUT2D eigenvalue weighted by Crippen LogP contribution is -2.52. The average molecular weight is 329 g/mol. The molecule has 7 heteroatoms. The number of nitrogens with zero attached hydrogens (tertiary/aromatic N) is 4. The molecule has 7 nitrogen and oxygen atoms in total. The van der Waals surface area contributed by atoms with Gasteiger partial charge in [-0.2, -0.15) is 5.10 Å². The van der Waals surface area contributed by atoms with Crippen molar-refractivity contribution >= 4 is 11.7 Å². The van der Waals surface area contributed by atoms with Crippen LogP contribution in [-0.2, 0) is 11.3 Å². The minimum absolute atomic E-state index is 0.115. The zero-order valence-corrected chi connectivity index (χ0v) is 14.1. The van der Waals surface area contributed by atoms with Crippen LogP contribution >= 0.6 is 0 Å². The summed E-state index contributed by atoms with van der Waals surface area (Å²) in [5.41, 5.74) is 1.34. The second kappa shape index (κ2) is 7.00. The van der Waals surface area contributed by atoms with Gasteiger partial charge in [-0.25, -0.2) is 4.79 Å². The number of ether oxygens (including phenoxy) is 1. The molecule has 3 heterocycles. The molecule has 2 aromatic heterocycles. The van der Waals surface area contributed by atoms with E-state index in [1.54, 1.807) is 22.0 Å². The van der Waals surface area contributed by atoms with E-state index in [1.165, 1.54) is 0 Å². The Labute approximate surface area is 141 Å². The zero-order valence-electron chi connectivity index (χ0n) is 14.1. The van der Waals surface area contributed by atoms with Crippen molar-refractivity contribution in [1.82, 2.24) is 19.7 Å². The number of rotatable bonds is 4. The molecule has 24 heavy (non-hydrogen) atoms. The summed E-state index contributed by atoms with van der Waals surface area (Å²) in [6.45, 7) is 6.44. The van der Waals surface area contributed by atoms with E-state index in [-0.39, 0.29) is 11.6 Å². The first-order valence-electron chi connectivity index (χ1n) is 8.20. The lowest BCUT2D eigenvalue weighted by Gasteiger charge is -2.39. The highest BCUT2D eigenvalue weighted by Gasteiger charge is 2.32. The highest BCUT2D eigenvalue weighted by molar-refractivity contribution is 5.89. The molecule has 1 N–H and O–H groups in total. The van der Waals surface area contributed by atoms with Crippen molar-refractivity contribution in [2.45, 2.75) is 32.4 Å². The van der Waals surface area contributed by atoms with Gasteiger partial charge in [-0.1, -0.05) is 13.0 Å². The predicted octanol–water partition coefficient (Wildman–Crippen LogP) is 2.36. The Morgan fingerprint density at radius 2 is 2.33 bits per heavy atom. The van der Waals surface area contributed by atoms with Crippen LogP contribution in [0.5, 0.6) is 0 Å². The predicted molar refractivity (Wildman–Crippen MR) is 90.8 cm³/mol. The molecule has 3 rings (SSSR count). The van der Waals surface area contributed by atoms with Crippen molar-refractivity contribution in [2.24, 2.45) is 0 Å². The van der Waals surface area contributed by atoms with Crippen LogP contribution in [0.25, 0.3) is 0 Å². The Bertz CT molecular complexity index is 687. The van der Waals surface area contributed by atoms with Crippen LogP contribution in [0.2, 0.25) is 0 Å². The first kappa shape index (κ1) is 16.4. The number of carbonyl (C=O) groups is 1. The van der Waals surface area contributed by atoms with E-state index in [0.29, 0.717) is 31.9 Å². The summed E-state index contributed by atoms with van der Waals surface area (Å²) in [6, 6.07) is 5.65. The number of pyridine rings is 1. The van der Waals surface area contributed by atoms with Crippen LogP contribution in [-0.4, -0.2) is 51.0 Å². The van der Waals surface area contributed by atoms with Crippen LogP contribution in [0.1, 0.15) is 26.0 Å². The van der Waals surface area contributed by atoms with Crippen molar-refractivity contribution in [3.63, 3.8) is 0 Å². The molecule has 1 atom stereocenters. The number of amides is 2. The molecule has 0 saturated carbocycles. The Kier molecular flexibility index (Phi) is 4.80. The van der Waals surface area contributed by atoms with Crippen LogP contribution in [0, 0.1) is 0 Å². The molecule has 1 saturated heterocycles. The fourth-order valence-electron chi connectivity index (χ4n) is 2.69. The van der Waals surface area contributed by atoms with Gasteiger partial charge in [0.2, 0.25) is 0 Å². The van der Waals surface area contributed by atoms with E-state index >= 15 is 0 Å². The maximum Gasteiger partial charge on any atom is 0.322 e. The van der Waals surface area contributed by atoms with Crippen molar-refractivity contribution in [1.29, 1.82) is 0 Å². The Morgan fingerprint density at radius 3 is 3.08 bits per heavy atom. The molecule has 1 aliphatic rings. The minimum Gasteiger partial charge on any atom is -0.372 e. The normalized spacial score (nSPS) is 20.8. The highest BCUT2D eigenvalue weighted by atomic mass is 16.5. The maximum absolute atomic E-state index is 12.4. The van der Waals surface area contributed by atoms with Gasteiger partial charge in [0.05, 0.1) is 42.9 Å². The molecule has 2 aromatic rings. The van der Waals surface area contributed by atoms with Crippen molar-refractivity contribution < 1.29 is 9.53 Å². The molecular weight excluding hydrogens is 306 g/mol. The van der Waals surface area contributed by atoms with Gasteiger partial charge in [0.1, 0.15) is 0 Å². The summed E-state index contributed by atoms with van der Waals surface area (Å²) in [5, 5.41) is 7.18. The molecule has 0 spiro atoms. The maximum atomic E-state index is 12.4. The Balaban J connectivity index is 1.59. The quantitative estimate of drug-likeness (QED) is 0.934. The first-order valence-corrected chi connectivity index (χ1v) is 8.20. The van der Waals surface area contributed by atoms with Crippen molar-refractivity contribution in [2.75, 3.05) is 25.0 Å². The minimum atomic E-state index is -0.265. The number of hydrogen-bond donors (Lipinski definition) is 1. The molecule has 0 bridgehead atoms. The number of nitrogens with one attached hydrogen (secondary N) is 1. The largest absolute Gasteiger partial charge is 0.372 e. The van der Waals surface area contributed by atoms with Crippen molar-refractivity contribution in [3.05, 3.63) is 42.5 Å².